The lowest BCUT2D eigenvalue weighted by molar-refractivity contribution is 0.101. The lowest BCUT2D eigenvalue weighted by atomic mass is 10.1. The smallest absolute Gasteiger partial charge is 0.173 e. The van der Waals surface area contributed by atoms with Gasteiger partial charge in [0.15, 0.2) is 17.3 Å². The Labute approximate surface area is 113 Å². The van der Waals surface area contributed by atoms with Crippen LogP contribution < -0.4 is 4.74 Å². The number of halogens is 3. The topological polar surface area (TPSA) is 26.3 Å². The van der Waals surface area contributed by atoms with Gasteiger partial charge in [-0.15, -0.1) is 0 Å². The molecule has 2 aromatic carbocycles. The van der Waals surface area contributed by atoms with Gasteiger partial charge in [0.25, 0.3) is 0 Å². The van der Waals surface area contributed by atoms with Crippen LogP contribution in [0.15, 0.2) is 36.4 Å². The number of rotatable bonds is 3. The number of ketones is 1. The number of hydrogen-bond donors (Lipinski definition) is 0. The Morgan fingerprint density at radius 2 is 1.95 bits per heavy atom. The van der Waals surface area contributed by atoms with Gasteiger partial charge < -0.3 is 4.74 Å². The molecule has 0 fully saturated rings. The second kappa shape index (κ2) is 5.36. The van der Waals surface area contributed by atoms with E-state index >= 15 is 0 Å². The molecule has 2 nitrogen and oxygen atoms in total. The van der Waals surface area contributed by atoms with Gasteiger partial charge in [0, 0.05) is 0 Å². The number of carbonyl (C=O) groups excluding carboxylic acids is 1. The fourth-order valence-corrected chi connectivity index (χ4v) is 1.76. The zero-order valence-electron chi connectivity index (χ0n) is 9.91. The first-order chi connectivity index (χ1) is 8.99. The molecule has 5 heteroatoms. The van der Waals surface area contributed by atoms with Gasteiger partial charge >= 0.3 is 0 Å². The number of para-hydroxylation sites is 1. The lowest BCUT2D eigenvalue weighted by Gasteiger charge is -2.11. The normalized spacial score (nSPS) is 10.3. The SMILES string of the molecule is CC(=O)c1cccc(F)c1Oc1ccc(F)cc1Cl. The fraction of sp³-hybridized carbons (Fsp3) is 0.0714. The molecule has 0 radical (unpaired) electrons. The molecule has 19 heavy (non-hydrogen) atoms. The Morgan fingerprint density at radius 3 is 2.58 bits per heavy atom. The van der Waals surface area contributed by atoms with Crippen molar-refractivity contribution in [3.8, 4) is 11.5 Å². The Morgan fingerprint density at radius 1 is 1.21 bits per heavy atom. The maximum atomic E-state index is 13.7. The minimum atomic E-state index is -0.687. The van der Waals surface area contributed by atoms with Crippen LogP contribution in [0.2, 0.25) is 5.02 Å². The summed E-state index contributed by atoms with van der Waals surface area (Å²) in [6.45, 7) is 1.30. The number of Topliss-reactive ketones (excluding diaryl/α,β-unsaturated/α-hetero) is 1. The molecular weight excluding hydrogens is 274 g/mol. The third kappa shape index (κ3) is 2.90. The highest BCUT2D eigenvalue weighted by molar-refractivity contribution is 6.32. The van der Waals surface area contributed by atoms with Crippen LogP contribution in [0, 0.1) is 11.6 Å². The third-order valence-corrected chi connectivity index (χ3v) is 2.75. The van der Waals surface area contributed by atoms with E-state index in [1.807, 2.05) is 0 Å². The summed E-state index contributed by atoms with van der Waals surface area (Å²) < 4.78 is 31.9. The van der Waals surface area contributed by atoms with Crippen molar-refractivity contribution in [2.45, 2.75) is 6.92 Å². The number of carbonyl (C=O) groups is 1. The average Bonchev–Trinajstić information content (AvgIpc) is 2.34. The van der Waals surface area contributed by atoms with Gasteiger partial charge in [0.05, 0.1) is 10.6 Å². The van der Waals surface area contributed by atoms with Crippen molar-refractivity contribution in [3.63, 3.8) is 0 Å². The van der Waals surface area contributed by atoms with Crippen LogP contribution in [0.3, 0.4) is 0 Å². The van der Waals surface area contributed by atoms with Gasteiger partial charge in [-0.3, -0.25) is 4.79 Å². The van der Waals surface area contributed by atoms with Crippen LogP contribution in [0.25, 0.3) is 0 Å². The van der Waals surface area contributed by atoms with E-state index in [4.69, 9.17) is 16.3 Å². The summed E-state index contributed by atoms with van der Waals surface area (Å²) in [4.78, 5) is 11.4. The van der Waals surface area contributed by atoms with E-state index in [2.05, 4.69) is 0 Å². The summed E-state index contributed by atoms with van der Waals surface area (Å²) in [5.41, 5.74) is 0.0976. The van der Waals surface area contributed by atoms with Gasteiger partial charge in [-0.1, -0.05) is 17.7 Å². The minimum absolute atomic E-state index is 0.00208. The monoisotopic (exact) mass is 282 g/mol. The van der Waals surface area contributed by atoms with Crippen molar-refractivity contribution in [1.82, 2.24) is 0 Å². The van der Waals surface area contributed by atoms with E-state index in [0.717, 1.165) is 12.1 Å². The Balaban J connectivity index is 2.46. The van der Waals surface area contributed by atoms with Crippen molar-refractivity contribution >= 4 is 17.4 Å². The molecule has 0 aliphatic carbocycles. The molecule has 0 saturated heterocycles. The first kappa shape index (κ1) is 13.5. The largest absolute Gasteiger partial charge is 0.452 e. The average molecular weight is 283 g/mol. The molecule has 0 heterocycles. The van der Waals surface area contributed by atoms with E-state index in [0.29, 0.717) is 0 Å². The number of hydrogen-bond acceptors (Lipinski definition) is 2. The van der Waals surface area contributed by atoms with Crippen LogP contribution in [0.1, 0.15) is 17.3 Å². The van der Waals surface area contributed by atoms with Gasteiger partial charge in [0.2, 0.25) is 0 Å². The standard InChI is InChI=1S/C14H9ClF2O2/c1-8(18)10-3-2-4-12(17)14(10)19-13-6-5-9(16)7-11(13)15/h2-7H,1H3. The second-order valence-electron chi connectivity index (χ2n) is 3.85. The summed E-state index contributed by atoms with van der Waals surface area (Å²) in [5.74, 6) is -1.70. The van der Waals surface area contributed by atoms with Crippen LogP contribution in [-0.2, 0) is 0 Å². The molecule has 0 aliphatic heterocycles. The summed E-state index contributed by atoms with van der Waals surface area (Å²) in [6.07, 6.45) is 0. The zero-order valence-corrected chi connectivity index (χ0v) is 10.7. The second-order valence-corrected chi connectivity index (χ2v) is 4.26. The molecule has 0 unspecified atom stereocenters. The highest BCUT2D eigenvalue weighted by Gasteiger charge is 2.15. The predicted octanol–water partition coefficient (Wildman–Crippen LogP) is 4.61. The maximum Gasteiger partial charge on any atom is 0.173 e. The van der Waals surface area contributed by atoms with E-state index in [9.17, 15) is 13.6 Å². The van der Waals surface area contributed by atoms with Crippen molar-refractivity contribution in [2.24, 2.45) is 0 Å². The minimum Gasteiger partial charge on any atom is -0.452 e. The van der Waals surface area contributed by atoms with Crippen LogP contribution in [-0.4, -0.2) is 5.78 Å². The van der Waals surface area contributed by atoms with E-state index < -0.39 is 11.6 Å². The Bertz CT molecular complexity index is 641. The Kier molecular flexibility index (Phi) is 3.81. The molecule has 0 aromatic heterocycles. The lowest BCUT2D eigenvalue weighted by Crippen LogP contribution is -1.99. The molecule has 0 bridgehead atoms. The van der Waals surface area contributed by atoms with Crippen LogP contribution >= 0.6 is 11.6 Å². The highest BCUT2D eigenvalue weighted by atomic mass is 35.5. The molecule has 0 aliphatic rings. The first-order valence-electron chi connectivity index (χ1n) is 5.41. The fourth-order valence-electron chi connectivity index (χ4n) is 1.56. The molecule has 2 rings (SSSR count). The molecule has 98 valence electrons. The quantitative estimate of drug-likeness (QED) is 0.768. The van der Waals surface area contributed by atoms with Crippen LogP contribution in [0.4, 0.5) is 8.78 Å². The first-order valence-corrected chi connectivity index (χ1v) is 5.79. The van der Waals surface area contributed by atoms with E-state index in [1.165, 1.54) is 31.2 Å². The van der Waals surface area contributed by atoms with Gasteiger partial charge in [-0.05, 0) is 37.3 Å². The molecule has 0 amide bonds. The summed E-state index contributed by atoms with van der Waals surface area (Å²) in [6, 6.07) is 7.47. The van der Waals surface area contributed by atoms with Crippen LogP contribution in [0.5, 0.6) is 11.5 Å². The van der Waals surface area contributed by atoms with Gasteiger partial charge in [0.1, 0.15) is 11.6 Å². The Hall–Kier alpha value is -1.94. The molecule has 2 aromatic rings. The van der Waals surface area contributed by atoms with Crippen molar-refractivity contribution in [2.75, 3.05) is 0 Å². The summed E-state index contributed by atoms with van der Waals surface area (Å²) in [7, 11) is 0. The summed E-state index contributed by atoms with van der Waals surface area (Å²) >= 11 is 5.79. The van der Waals surface area contributed by atoms with Gasteiger partial charge in [-0.25, -0.2) is 8.78 Å². The third-order valence-electron chi connectivity index (χ3n) is 2.45. The maximum absolute atomic E-state index is 13.7. The molecule has 0 atom stereocenters. The molecule has 0 N–H and O–H groups in total. The highest BCUT2D eigenvalue weighted by Crippen LogP contribution is 2.33. The predicted molar refractivity (Wildman–Crippen MR) is 67.9 cm³/mol. The number of benzene rings is 2. The zero-order chi connectivity index (χ0) is 14.0. The van der Waals surface area contributed by atoms with E-state index in [-0.39, 0.29) is 27.9 Å². The summed E-state index contributed by atoms with van der Waals surface area (Å²) in [5, 5.41) is -0.00208. The molecular formula is C14H9ClF2O2. The van der Waals surface area contributed by atoms with Crippen molar-refractivity contribution in [1.29, 1.82) is 0 Å². The number of ether oxygens (including phenoxy) is 1. The molecule has 0 spiro atoms. The van der Waals surface area contributed by atoms with Crippen molar-refractivity contribution < 1.29 is 18.3 Å². The molecule has 0 saturated carbocycles. The van der Waals surface area contributed by atoms with Gasteiger partial charge in [-0.2, -0.15) is 0 Å². The van der Waals surface area contributed by atoms with Crippen molar-refractivity contribution in [3.05, 3.63) is 58.6 Å². The van der Waals surface area contributed by atoms with E-state index in [1.54, 1.807) is 0 Å².